The highest BCUT2D eigenvalue weighted by Gasteiger charge is 2.36. The normalized spacial score (nSPS) is 15.5. The lowest BCUT2D eigenvalue weighted by atomic mass is 10.1. The van der Waals surface area contributed by atoms with Gasteiger partial charge >= 0.3 is 6.18 Å². The molecule has 1 N–H and O–H groups in total. The highest BCUT2D eigenvalue weighted by Crippen LogP contribution is 2.33. The van der Waals surface area contributed by atoms with Crippen molar-refractivity contribution in [1.82, 2.24) is 14.9 Å². The Labute approximate surface area is 119 Å². The third-order valence-corrected chi connectivity index (χ3v) is 3.43. The van der Waals surface area contributed by atoms with Crippen molar-refractivity contribution in [2.45, 2.75) is 12.2 Å². The number of imidazole rings is 1. The predicted octanol–water partition coefficient (Wildman–Crippen LogP) is 3.26. The van der Waals surface area contributed by atoms with Crippen LogP contribution in [0.5, 0.6) is 0 Å². The van der Waals surface area contributed by atoms with E-state index in [-0.39, 0.29) is 11.9 Å². The fourth-order valence-electron chi connectivity index (χ4n) is 2.18. The summed E-state index contributed by atoms with van der Waals surface area (Å²) in [6.07, 6.45) is -3.41. The van der Waals surface area contributed by atoms with Gasteiger partial charge in [0, 0.05) is 24.8 Å². The molecule has 1 saturated heterocycles. The second kappa shape index (κ2) is 4.90. The molecule has 0 bridgehead atoms. The summed E-state index contributed by atoms with van der Waals surface area (Å²) in [6, 6.07) is 6.38. The van der Waals surface area contributed by atoms with Gasteiger partial charge in [-0.1, -0.05) is 24.3 Å². The Balaban J connectivity index is 2.06. The van der Waals surface area contributed by atoms with Crippen LogP contribution >= 0.6 is 0 Å². The van der Waals surface area contributed by atoms with Gasteiger partial charge in [0.25, 0.3) is 0 Å². The third kappa shape index (κ3) is 2.50. The quantitative estimate of drug-likeness (QED) is 0.862. The van der Waals surface area contributed by atoms with Crippen molar-refractivity contribution in [1.29, 1.82) is 0 Å². The molecular formula is C14H11F3N4. The standard InChI is InChI=1S/C14H11F3N4/c1-18-10-4-2-9(3-5-10)13-20-12(14(15,16)17)8-21(13)11-6-19-7-11/h2-5,8,11,19H,6-7H2. The van der Waals surface area contributed by atoms with Crippen LogP contribution in [-0.2, 0) is 6.18 Å². The molecule has 1 aromatic heterocycles. The van der Waals surface area contributed by atoms with Crippen molar-refractivity contribution in [2.24, 2.45) is 0 Å². The second-order valence-corrected chi connectivity index (χ2v) is 4.83. The zero-order chi connectivity index (χ0) is 15.0. The minimum Gasteiger partial charge on any atom is -0.325 e. The van der Waals surface area contributed by atoms with E-state index in [2.05, 4.69) is 15.1 Å². The average molecular weight is 292 g/mol. The first-order valence-electron chi connectivity index (χ1n) is 6.34. The van der Waals surface area contributed by atoms with E-state index in [0.717, 1.165) is 6.20 Å². The number of nitrogens with one attached hydrogen (secondary N) is 1. The molecule has 0 radical (unpaired) electrons. The Morgan fingerprint density at radius 3 is 2.38 bits per heavy atom. The molecule has 0 amide bonds. The lowest BCUT2D eigenvalue weighted by Gasteiger charge is -2.29. The third-order valence-electron chi connectivity index (χ3n) is 3.43. The Morgan fingerprint density at radius 1 is 1.24 bits per heavy atom. The SMILES string of the molecule is [C-]#[N+]c1ccc(-c2nc(C(F)(F)F)cn2C2CNC2)cc1. The maximum Gasteiger partial charge on any atom is 0.434 e. The molecule has 21 heavy (non-hydrogen) atoms. The van der Waals surface area contributed by atoms with Crippen molar-refractivity contribution in [3.05, 3.63) is 47.6 Å². The van der Waals surface area contributed by atoms with Crippen LogP contribution in [-0.4, -0.2) is 22.6 Å². The molecule has 108 valence electrons. The Morgan fingerprint density at radius 2 is 1.90 bits per heavy atom. The Bertz CT molecular complexity index is 690. The van der Waals surface area contributed by atoms with E-state index in [1.807, 2.05) is 0 Å². The van der Waals surface area contributed by atoms with E-state index in [1.54, 1.807) is 28.8 Å². The van der Waals surface area contributed by atoms with E-state index in [0.29, 0.717) is 24.3 Å². The maximum absolute atomic E-state index is 12.9. The van der Waals surface area contributed by atoms with Gasteiger partial charge in [-0.15, -0.1) is 0 Å². The van der Waals surface area contributed by atoms with Gasteiger partial charge in [-0.25, -0.2) is 9.83 Å². The van der Waals surface area contributed by atoms with E-state index in [9.17, 15) is 13.2 Å². The molecule has 4 nitrogen and oxygen atoms in total. The van der Waals surface area contributed by atoms with E-state index in [1.165, 1.54) is 0 Å². The van der Waals surface area contributed by atoms with Crippen LogP contribution in [0, 0.1) is 6.57 Å². The summed E-state index contributed by atoms with van der Waals surface area (Å²) in [5.74, 6) is 0.283. The molecule has 2 heterocycles. The highest BCUT2D eigenvalue weighted by atomic mass is 19.4. The molecule has 0 unspecified atom stereocenters. The smallest absolute Gasteiger partial charge is 0.325 e. The summed E-state index contributed by atoms with van der Waals surface area (Å²) in [7, 11) is 0. The van der Waals surface area contributed by atoms with Crippen LogP contribution < -0.4 is 5.32 Å². The van der Waals surface area contributed by atoms with Gasteiger partial charge in [-0.3, -0.25) is 0 Å². The lowest BCUT2D eigenvalue weighted by molar-refractivity contribution is -0.140. The molecule has 3 rings (SSSR count). The minimum absolute atomic E-state index is 0.0239. The van der Waals surface area contributed by atoms with E-state index < -0.39 is 11.9 Å². The van der Waals surface area contributed by atoms with Crippen molar-refractivity contribution >= 4 is 5.69 Å². The molecule has 0 aliphatic carbocycles. The van der Waals surface area contributed by atoms with Crippen LogP contribution in [0.3, 0.4) is 0 Å². The van der Waals surface area contributed by atoms with E-state index in [4.69, 9.17) is 6.57 Å². The van der Waals surface area contributed by atoms with Gasteiger partial charge in [-0.2, -0.15) is 13.2 Å². The zero-order valence-electron chi connectivity index (χ0n) is 10.9. The van der Waals surface area contributed by atoms with Gasteiger partial charge in [0.2, 0.25) is 0 Å². The maximum atomic E-state index is 12.9. The Kier molecular flexibility index (Phi) is 3.18. The number of benzene rings is 1. The summed E-state index contributed by atoms with van der Waals surface area (Å²) < 4.78 is 40.2. The molecule has 7 heteroatoms. The molecule has 2 aromatic rings. The van der Waals surface area contributed by atoms with E-state index >= 15 is 0 Å². The first-order valence-corrected chi connectivity index (χ1v) is 6.34. The van der Waals surface area contributed by atoms with Crippen LogP contribution in [0.25, 0.3) is 16.2 Å². The number of hydrogen-bond donors (Lipinski definition) is 1. The molecular weight excluding hydrogens is 281 g/mol. The Hall–Kier alpha value is -2.33. The van der Waals surface area contributed by atoms with Gasteiger partial charge in [0.05, 0.1) is 12.6 Å². The molecule has 1 aliphatic heterocycles. The number of hydrogen-bond acceptors (Lipinski definition) is 2. The fraction of sp³-hybridized carbons (Fsp3) is 0.286. The van der Waals surface area contributed by atoms with Crippen LogP contribution in [0.4, 0.5) is 18.9 Å². The van der Waals surface area contributed by atoms with Crippen LogP contribution in [0.1, 0.15) is 11.7 Å². The summed E-state index contributed by atoms with van der Waals surface area (Å²) in [5, 5.41) is 3.03. The summed E-state index contributed by atoms with van der Waals surface area (Å²) >= 11 is 0. The number of rotatable bonds is 2. The number of aromatic nitrogens is 2. The summed E-state index contributed by atoms with van der Waals surface area (Å²) in [4.78, 5) is 7.01. The average Bonchev–Trinajstić information content (AvgIpc) is 2.81. The van der Waals surface area contributed by atoms with Crippen molar-refractivity contribution in [3.8, 4) is 11.4 Å². The first-order chi connectivity index (χ1) is 9.99. The summed E-state index contributed by atoms with van der Waals surface area (Å²) in [6.45, 7) is 8.15. The fourth-order valence-corrected chi connectivity index (χ4v) is 2.18. The molecule has 1 aromatic carbocycles. The molecule has 0 atom stereocenters. The van der Waals surface area contributed by atoms with Crippen molar-refractivity contribution < 1.29 is 13.2 Å². The zero-order valence-corrected chi connectivity index (χ0v) is 10.9. The lowest BCUT2D eigenvalue weighted by Crippen LogP contribution is -2.43. The first kappa shape index (κ1) is 13.6. The predicted molar refractivity (Wildman–Crippen MR) is 70.8 cm³/mol. The second-order valence-electron chi connectivity index (χ2n) is 4.83. The topological polar surface area (TPSA) is 34.2 Å². The summed E-state index contributed by atoms with van der Waals surface area (Å²) in [5.41, 5.74) is 0.127. The minimum atomic E-state index is -4.46. The number of halogens is 3. The molecule has 1 aliphatic rings. The molecule has 0 saturated carbocycles. The van der Waals surface area contributed by atoms with Crippen LogP contribution in [0.15, 0.2) is 30.5 Å². The molecule has 0 spiro atoms. The highest BCUT2D eigenvalue weighted by molar-refractivity contribution is 5.61. The van der Waals surface area contributed by atoms with Gasteiger partial charge in [0.15, 0.2) is 11.4 Å². The van der Waals surface area contributed by atoms with Gasteiger partial charge < -0.3 is 9.88 Å². The molecule has 1 fully saturated rings. The largest absolute Gasteiger partial charge is 0.434 e. The van der Waals surface area contributed by atoms with Crippen molar-refractivity contribution in [3.63, 3.8) is 0 Å². The number of nitrogens with zero attached hydrogens (tertiary/aromatic N) is 3. The monoisotopic (exact) mass is 292 g/mol. The van der Waals surface area contributed by atoms with Gasteiger partial charge in [0.1, 0.15) is 5.82 Å². The number of alkyl halides is 3. The van der Waals surface area contributed by atoms with Gasteiger partial charge in [-0.05, 0) is 0 Å². The van der Waals surface area contributed by atoms with Crippen LogP contribution in [0.2, 0.25) is 0 Å². The van der Waals surface area contributed by atoms with Crippen molar-refractivity contribution in [2.75, 3.05) is 13.1 Å².